The van der Waals surface area contributed by atoms with Gasteiger partial charge in [-0.3, -0.25) is 4.79 Å². The van der Waals surface area contributed by atoms with Crippen molar-refractivity contribution >= 4 is 11.6 Å². The highest BCUT2D eigenvalue weighted by molar-refractivity contribution is 5.90. The number of ether oxygens (including phenoxy) is 1. The van der Waals surface area contributed by atoms with Crippen molar-refractivity contribution in [2.24, 2.45) is 0 Å². The number of nitrogens with one attached hydrogen (secondary N) is 1. The molecular weight excluding hydrogens is 385 g/mol. The fraction of sp³-hybridized carbons (Fsp3) is 0.0909. The van der Waals surface area contributed by atoms with E-state index in [1.807, 2.05) is 30.3 Å². The van der Waals surface area contributed by atoms with Crippen molar-refractivity contribution in [2.75, 3.05) is 5.32 Å². The normalized spacial score (nSPS) is 10.6. The summed E-state index contributed by atoms with van der Waals surface area (Å²) in [6, 6.07) is 22.5. The van der Waals surface area contributed by atoms with Gasteiger partial charge < -0.3 is 10.1 Å². The van der Waals surface area contributed by atoms with Crippen molar-refractivity contribution in [1.82, 2.24) is 20.2 Å². The van der Waals surface area contributed by atoms with Crippen molar-refractivity contribution in [3.05, 3.63) is 90.2 Å². The molecule has 30 heavy (non-hydrogen) atoms. The van der Waals surface area contributed by atoms with E-state index >= 15 is 0 Å². The summed E-state index contributed by atoms with van der Waals surface area (Å²) in [6.07, 6.45) is 0. The van der Waals surface area contributed by atoms with Gasteiger partial charge in [-0.05, 0) is 35.0 Å². The molecule has 0 saturated carbocycles. The number of benzene rings is 3. The molecule has 1 N–H and O–H groups in total. The van der Waals surface area contributed by atoms with E-state index in [4.69, 9.17) is 4.74 Å². The van der Waals surface area contributed by atoms with Gasteiger partial charge in [0.1, 0.15) is 24.7 Å². The number of tetrazole rings is 1. The van der Waals surface area contributed by atoms with E-state index in [9.17, 15) is 9.18 Å². The quantitative estimate of drug-likeness (QED) is 0.509. The maximum absolute atomic E-state index is 13.0. The van der Waals surface area contributed by atoms with Crippen molar-refractivity contribution in [2.45, 2.75) is 13.2 Å². The molecule has 150 valence electrons. The monoisotopic (exact) mass is 403 g/mol. The molecule has 0 bridgehead atoms. The summed E-state index contributed by atoms with van der Waals surface area (Å²) in [7, 11) is 0. The summed E-state index contributed by atoms with van der Waals surface area (Å²) < 4.78 is 18.7. The first-order valence-corrected chi connectivity index (χ1v) is 9.26. The lowest BCUT2D eigenvalue weighted by atomic mass is 10.2. The van der Waals surface area contributed by atoms with Crippen molar-refractivity contribution in [3.8, 4) is 17.1 Å². The molecule has 1 aromatic heterocycles. The Kier molecular flexibility index (Phi) is 5.75. The lowest BCUT2D eigenvalue weighted by Crippen LogP contribution is -2.20. The predicted molar refractivity (Wildman–Crippen MR) is 109 cm³/mol. The zero-order chi connectivity index (χ0) is 20.8. The Morgan fingerprint density at radius 2 is 1.80 bits per heavy atom. The van der Waals surface area contributed by atoms with E-state index in [1.165, 1.54) is 16.9 Å². The molecule has 0 unspecified atom stereocenters. The smallest absolute Gasteiger partial charge is 0.248 e. The summed E-state index contributed by atoms with van der Waals surface area (Å²) in [5.41, 5.74) is 2.26. The molecule has 0 spiro atoms. The van der Waals surface area contributed by atoms with Crippen LogP contribution >= 0.6 is 0 Å². The number of hydrogen-bond donors (Lipinski definition) is 1. The molecule has 0 saturated heterocycles. The molecule has 0 aliphatic rings. The average Bonchev–Trinajstić information content (AvgIpc) is 3.22. The number of carbonyl (C=O) groups excluding carboxylic acids is 1. The Balaban J connectivity index is 1.34. The number of halogens is 1. The largest absolute Gasteiger partial charge is 0.489 e. The maximum Gasteiger partial charge on any atom is 0.248 e. The summed E-state index contributed by atoms with van der Waals surface area (Å²) >= 11 is 0. The molecule has 4 aromatic rings. The fourth-order valence-electron chi connectivity index (χ4n) is 2.75. The Morgan fingerprint density at radius 3 is 2.60 bits per heavy atom. The van der Waals surface area contributed by atoms with E-state index < -0.39 is 0 Å². The molecule has 8 heteroatoms. The second-order valence-electron chi connectivity index (χ2n) is 6.50. The first-order valence-electron chi connectivity index (χ1n) is 9.26. The molecule has 4 rings (SSSR count). The highest BCUT2D eigenvalue weighted by Crippen LogP contribution is 2.19. The lowest BCUT2D eigenvalue weighted by molar-refractivity contribution is -0.117. The maximum atomic E-state index is 13.0. The predicted octanol–water partition coefficient (Wildman–Crippen LogP) is 3.70. The van der Waals surface area contributed by atoms with Gasteiger partial charge in [-0.25, -0.2) is 4.39 Å². The van der Waals surface area contributed by atoms with Crippen LogP contribution < -0.4 is 10.1 Å². The third-order valence-corrected chi connectivity index (χ3v) is 4.21. The van der Waals surface area contributed by atoms with E-state index in [-0.39, 0.29) is 18.3 Å². The van der Waals surface area contributed by atoms with Crippen LogP contribution in [0, 0.1) is 5.82 Å². The van der Waals surface area contributed by atoms with Crippen molar-refractivity contribution < 1.29 is 13.9 Å². The third kappa shape index (κ3) is 5.05. The third-order valence-electron chi connectivity index (χ3n) is 4.21. The van der Waals surface area contributed by atoms with Gasteiger partial charge in [0.05, 0.1) is 0 Å². The van der Waals surface area contributed by atoms with E-state index in [1.54, 1.807) is 36.4 Å². The van der Waals surface area contributed by atoms with Crippen LogP contribution in [-0.2, 0) is 17.9 Å². The minimum atomic E-state index is -0.291. The van der Waals surface area contributed by atoms with E-state index in [2.05, 4.69) is 20.7 Å². The summed E-state index contributed by atoms with van der Waals surface area (Å²) in [5.74, 6) is 0.464. The molecule has 0 atom stereocenters. The van der Waals surface area contributed by atoms with E-state index in [0.29, 0.717) is 23.9 Å². The van der Waals surface area contributed by atoms with Gasteiger partial charge in [0, 0.05) is 17.3 Å². The number of nitrogens with zero attached hydrogens (tertiary/aromatic N) is 4. The molecule has 7 nitrogen and oxygen atoms in total. The molecule has 0 radical (unpaired) electrons. The SMILES string of the molecule is O=C(Cn1nnc(-c2ccccc2)n1)Nc1cccc(OCc2ccc(F)cc2)c1. The van der Waals surface area contributed by atoms with Gasteiger partial charge in [0.25, 0.3) is 0 Å². The van der Waals surface area contributed by atoms with Gasteiger partial charge in [0.15, 0.2) is 0 Å². The topological polar surface area (TPSA) is 81.9 Å². The van der Waals surface area contributed by atoms with Crippen molar-refractivity contribution in [1.29, 1.82) is 0 Å². The van der Waals surface area contributed by atoms with Gasteiger partial charge in [-0.1, -0.05) is 48.5 Å². The van der Waals surface area contributed by atoms with E-state index in [0.717, 1.165) is 11.1 Å². The van der Waals surface area contributed by atoms with Crippen LogP contribution in [0.4, 0.5) is 10.1 Å². The Hall–Kier alpha value is -4.07. The second kappa shape index (κ2) is 8.95. The molecule has 0 aliphatic heterocycles. The highest BCUT2D eigenvalue weighted by Gasteiger charge is 2.10. The molecule has 0 fully saturated rings. The Labute approximate surface area is 172 Å². The van der Waals surface area contributed by atoms with Crippen LogP contribution in [0.15, 0.2) is 78.9 Å². The number of carbonyl (C=O) groups is 1. The zero-order valence-electron chi connectivity index (χ0n) is 15.9. The first kappa shape index (κ1) is 19.3. The van der Waals surface area contributed by atoms with Crippen molar-refractivity contribution in [3.63, 3.8) is 0 Å². The molecule has 1 heterocycles. The number of aromatic nitrogens is 4. The number of rotatable bonds is 7. The van der Waals surface area contributed by atoms with Crippen LogP contribution in [0.25, 0.3) is 11.4 Å². The number of amides is 1. The number of anilines is 1. The summed E-state index contributed by atoms with van der Waals surface area (Å²) in [6.45, 7) is 0.226. The van der Waals surface area contributed by atoms with Crippen LogP contribution in [0.1, 0.15) is 5.56 Å². The van der Waals surface area contributed by atoms with Gasteiger partial charge in [-0.2, -0.15) is 4.80 Å². The molecule has 0 aliphatic carbocycles. The van der Waals surface area contributed by atoms with Crippen LogP contribution in [0.3, 0.4) is 0 Å². The first-order chi connectivity index (χ1) is 14.7. The average molecular weight is 403 g/mol. The van der Waals surface area contributed by atoms with Gasteiger partial charge in [0.2, 0.25) is 11.7 Å². The lowest BCUT2D eigenvalue weighted by Gasteiger charge is -2.09. The van der Waals surface area contributed by atoms with Crippen LogP contribution in [-0.4, -0.2) is 26.1 Å². The zero-order valence-corrected chi connectivity index (χ0v) is 15.9. The van der Waals surface area contributed by atoms with Crippen LogP contribution in [0.5, 0.6) is 5.75 Å². The Morgan fingerprint density at radius 1 is 1.00 bits per heavy atom. The van der Waals surface area contributed by atoms with Gasteiger partial charge in [-0.15, -0.1) is 10.2 Å². The molecule has 3 aromatic carbocycles. The van der Waals surface area contributed by atoms with Gasteiger partial charge >= 0.3 is 0 Å². The highest BCUT2D eigenvalue weighted by atomic mass is 19.1. The summed E-state index contributed by atoms with van der Waals surface area (Å²) in [4.78, 5) is 13.6. The standard InChI is InChI=1S/C22H18FN5O2/c23-18-11-9-16(10-12-18)15-30-20-8-4-7-19(13-20)24-21(29)14-28-26-22(25-27-28)17-5-2-1-3-6-17/h1-13H,14-15H2,(H,24,29). The second-order valence-corrected chi connectivity index (χ2v) is 6.50. The number of hydrogen-bond acceptors (Lipinski definition) is 5. The molecular formula is C22H18FN5O2. The summed E-state index contributed by atoms with van der Waals surface area (Å²) in [5, 5.41) is 14.9. The minimum Gasteiger partial charge on any atom is -0.489 e. The Bertz CT molecular complexity index is 1130. The van der Waals surface area contributed by atoms with Crippen LogP contribution in [0.2, 0.25) is 0 Å². The fourth-order valence-corrected chi connectivity index (χ4v) is 2.75. The minimum absolute atomic E-state index is 0.0690. The molecule has 1 amide bonds.